The first kappa shape index (κ1) is 10.3. The topological polar surface area (TPSA) is 88.8 Å². The first-order chi connectivity index (χ1) is 8.08. The molecule has 0 radical (unpaired) electrons. The smallest absolute Gasteiger partial charge is 0.179 e. The highest BCUT2D eigenvalue weighted by Gasteiger charge is 2.29. The molecule has 1 aromatic heterocycles. The minimum Gasteiger partial charge on any atom is -0.382 e. The number of sulfone groups is 1. The molecule has 88 valence electrons. The van der Waals surface area contributed by atoms with E-state index in [2.05, 4.69) is 10.2 Å². The SMILES string of the molecule is Nc1cc(-c2cccc3c2S(=O)(=O)CC3)[nH]n1. The van der Waals surface area contributed by atoms with Crippen molar-refractivity contribution in [2.45, 2.75) is 11.3 Å². The lowest BCUT2D eigenvalue weighted by molar-refractivity contribution is 0.600. The van der Waals surface area contributed by atoms with Gasteiger partial charge in [0.2, 0.25) is 0 Å². The summed E-state index contributed by atoms with van der Waals surface area (Å²) < 4.78 is 24.0. The van der Waals surface area contributed by atoms with Gasteiger partial charge in [-0.1, -0.05) is 18.2 Å². The van der Waals surface area contributed by atoms with Gasteiger partial charge in [-0.05, 0) is 12.0 Å². The molecule has 0 fully saturated rings. The number of aromatic nitrogens is 2. The van der Waals surface area contributed by atoms with Crippen molar-refractivity contribution in [2.24, 2.45) is 0 Å². The number of anilines is 1. The number of hydrogen-bond donors (Lipinski definition) is 2. The second-order valence-electron chi connectivity index (χ2n) is 4.07. The van der Waals surface area contributed by atoms with Gasteiger partial charge in [-0.15, -0.1) is 0 Å². The molecule has 1 aliphatic heterocycles. The number of nitrogens with one attached hydrogen (secondary N) is 1. The molecule has 3 rings (SSSR count). The molecule has 17 heavy (non-hydrogen) atoms. The van der Waals surface area contributed by atoms with Gasteiger partial charge in [0, 0.05) is 11.6 Å². The van der Waals surface area contributed by atoms with Crippen LogP contribution in [0.25, 0.3) is 11.3 Å². The highest BCUT2D eigenvalue weighted by Crippen LogP contribution is 2.34. The first-order valence-corrected chi connectivity index (χ1v) is 6.89. The lowest BCUT2D eigenvalue weighted by Crippen LogP contribution is -2.01. The standard InChI is InChI=1S/C11H11N3O2S/c12-10-6-9(13-14-10)8-3-1-2-7-4-5-17(15,16)11(7)8/h1-3,6H,4-5H2,(H3,12,13,14). The van der Waals surface area contributed by atoms with Gasteiger partial charge >= 0.3 is 0 Å². The van der Waals surface area contributed by atoms with Crippen molar-refractivity contribution in [2.75, 3.05) is 11.5 Å². The van der Waals surface area contributed by atoms with Crippen LogP contribution in [0.5, 0.6) is 0 Å². The van der Waals surface area contributed by atoms with Gasteiger partial charge < -0.3 is 5.73 Å². The Kier molecular flexibility index (Phi) is 2.03. The van der Waals surface area contributed by atoms with Crippen LogP contribution in [0.4, 0.5) is 5.82 Å². The van der Waals surface area contributed by atoms with Gasteiger partial charge in [-0.3, -0.25) is 5.10 Å². The summed E-state index contributed by atoms with van der Waals surface area (Å²) in [5, 5.41) is 6.57. The van der Waals surface area contributed by atoms with Gasteiger partial charge in [0.1, 0.15) is 5.82 Å². The van der Waals surface area contributed by atoms with Crippen LogP contribution < -0.4 is 5.73 Å². The third-order valence-electron chi connectivity index (χ3n) is 2.94. The molecule has 5 nitrogen and oxygen atoms in total. The molecule has 0 unspecified atom stereocenters. The zero-order valence-electron chi connectivity index (χ0n) is 8.97. The molecular formula is C11H11N3O2S. The number of nitrogens with two attached hydrogens (primary N) is 1. The fraction of sp³-hybridized carbons (Fsp3) is 0.182. The summed E-state index contributed by atoms with van der Waals surface area (Å²) in [4.78, 5) is 0.420. The van der Waals surface area contributed by atoms with Crippen LogP contribution in [0.2, 0.25) is 0 Å². The highest BCUT2D eigenvalue weighted by atomic mass is 32.2. The highest BCUT2D eigenvalue weighted by molar-refractivity contribution is 7.91. The molecule has 0 atom stereocenters. The quantitative estimate of drug-likeness (QED) is 0.788. The fourth-order valence-corrected chi connectivity index (χ4v) is 3.96. The minimum absolute atomic E-state index is 0.183. The number of aryl methyl sites for hydroxylation is 1. The first-order valence-electron chi connectivity index (χ1n) is 5.24. The summed E-state index contributed by atoms with van der Waals surface area (Å²) in [6.07, 6.45) is 0.578. The van der Waals surface area contributed by atoms with Crippen LogP contribution in [0, 0.1) is 0 Å². The number of fused-ring (bicyclic) bond motifs is 1. The molecule has 3 N–H and O–H groups in total. The van der Waals surface area contributed by atoms with E-state index in [1.165, 1.54) is 0 Å². The second kappa shape index (κ2) is 3.33. The fourth-order valence-electron chi connectivity index (χ4n) is 2.18. The van der Waals surface area contributed by atoms with Gasteiger partial charge in [0.25, 0.3) is 0 Å². The van der Waals surface area contributed by atoms with E-state index in [0.29, 0.717) is 28.4 Å². The molecule has 0 spiro atoms. The average molecular weight is 249 g/mol. The summed E-state index contributed by atoms with van der Waals surface area (Å²) in [6.45, 7) is 0. The number of rotatable bonds is 1. The largest absolute Gasteiger partial charge is 0.382 e. The van der Waals surface area contributed by atoms with Crippen LogP contribution in [0.3, 0.4) is 0 Å². The minimum atomic E-state index is -3.16. The Morgan fingerprint density at radius 1 is 1.35 bits per heavy atom. The van der Waals surface area contributed by atoms with E-state index in [1.807, 2.05) is 12.1 Å². The van der Waals surface area contributed by atoms with Crippen molar-refractivity contribution in [3.05, 3.63) is 29.8 Å². The normalized spacial score (nSPS) is 16.9. The molecule has 1 aliphatic rings. The Morgan fingerprint density at radius 2 is 2.18 bits per heavy atom. The van der Waals surface area contributed by atoms with Crippen LogP contribution in [0.1, 0.15) is 5.56 Å². The van der Waals surface area contributed by atoms with Crippen molar-refractivity contribution in [3.8, 4) is 11.3 Å². The van der Waals surface area contributed by atoms with Gasteiger partial charge in [0.15, 0.2) is 9.84 Å². The lowest BCUT2D eigenvalue weighted by atomic mass is 10.1. The van der Waals surface area contributed by atoms with Gasteiger partial charge in [0.05, 0.1) is 16.3 Å². The van der Waals surface area contributed by atoms with E-state index in [1.54, 1.807) is 12.1 Å². The van der Waals surface area contributed by atoms with Crippen molar-refractivity contribution in [3.63, 3.8) is 0 Å². The van der Waals surface area contributed by atoms with E-state index in [-0.39, 0.29) is 5.75 Å². The molecule has 0 saturated carbocycles. The number of benzene rings is 1. The maximum atomic E-state index is 12.0. The van der Waals surface area contributed by atoms with Crippen LogP contribution in [-0.4, -0.2) is 24.4 Å². The van der Waals surface area contributed by atoms with Crippen LogP contribution >= 0.6 is 0 Å². The number of aromatic amines is 1. The lowest BCUT2D eigenvalue weighted by Gasteiger charge is -2.05. The van der Waals surface area contributed by atoms with Crippen molar-refractivity contribution in [1.82, 2.24) is 10.2 Å². The molecule has 0 aliphatic carbocycles. The molecular weight excluding hydrogens is 238 g/mol. The number of nitrogens with zero attached hydrogens (tertiary/aromatic N) is 1. The Bertz CT molecular complexity index is 688. The molecule has 0 bridgehead atoms. The molecule has 6 heteroatoms. The number of H-pyrrole nitrogens is 1. The van der Waals surface area contributed by atoms with E-state index in [0.717, 1.165) is 5.56 Å². The van der Waals surface area contributed by atoms with Crippen molar-refractivity contribution < 1.29 is 8.42 Å². The third kappa shape index (κ3) is 1.52. The van der Waals surface area contributed by atoms with E-state index >= 15 is 0 Å². The number of hydrogen-bond acceptors (Lipinski definition) is 4. The molecule has 2 heterocycles. The monoisotopic (exact) mass is 249 g/mol. The van der Waals surface area contributed by atoms with Crippen molar-refractivity contribution >= 4 is 15.7 Å². The number of nitrogen functional groups attached to an aromatic ring is 1. The van der Waals surface area contributed by atoms with Gasteiger partial charge in [-0.25, -0.2) is 8.42 Å². The third-order valence-corrected chi connectivity index (χ3v) is 4.78. The molecule has 2 aromatic rings. The van der Waals surface area contributed by atoms with Crippen molar-refractivity contribution in [1.29, 1.82) is 0 Å². The Balaban J connectivity index is 2.30. The molecule has 1 aromatic carbocycles. The maximum Gasteiger partial charge on any atom is 0.179 e. The zero-order valence-corrected chi connectivity index (χ0v) is 9.79. The summed E-state index contributed by atoms with van der Waals surface area (Å²) in [6, 6.07) is 7.12. The van der Waals surface area contributed by atoms with Crippen LogP contribution in [-0.2, 0) is 16.3 Å². The van der Waals surface area contributed by atoms with Crippen LogP contribution in [0.15, 0.2) is 29.2 Å². The average Bonchev–Trinajstić information content (AvgIpc) is 2.84. The predicted octanol–water partition coefficient (Wildman–Crippen LogP) is 0.989. The van der Waals surface area contributed by atoms with E-state index < -0.39 is 9.84 Å². The Labute approximate surface area is 98.6 Å². The Hall–Kier alpha value is -1.82. The van der Waals surface area contributed by atoms with E-state index in [9.17, 15) is 8.42 Å². The second-order valence-corrected chi connectivity index (χ2v) is 6.12. The van der Waals surface area contributed by atoms with Gasteiger partial charge in [-0.2, -0.15) is 5.10 Å². The molecule has 0 amide bonds. The maximum absolute atomic E-state index is 12.0. The summed E-state index contributed by atoms with van der Waals surface area (Å²) in [5.41, 5.74) is 7.71. The zero-order chi connectivity index (χ0) is 12.0. The van der Waals surface area contributed by atoms with E-state index in [4.69, 9.17) is 5.73 Å². The summed E-state index contributed by atoms with van der Waals surface area (Å²) in [7, 11) is -3.16. The summed E-state index contributed by atoms with van der Waals surface area (Å²) >= 11 is 0. The molecule has 0 saturated heterocycles. The summed E-state index contributed by atoms with van der Waals surface area (Å²) in [5.74, 6) is 0.538. The predicted molar refractivity (Wildman–Crippen MR) is 64.2 cm³/mol. The Morgan fingerprint density at radius 3 is 2.88 bits per heavy atom.